The molecule has 0 aliphatic heterocycles. The first-order chi connectivity index (χ1) is 12.1. The minimum absolute atomic E-state index is 1.14. The zero-order valence-electron chi connectivity index (χ0n) is 12.3. The molecule has 0 atom stereocenters. The summed E-state index contributed by atoms with van der Waals surface area (Å²) < 4.78 is 162. The fourth-order valence-corrected chi connectivity index (χ4v) is 3.05. The molecule has 0 saturated carbocycles. The van der Waals surface area contributed by atoms with Crippen LogP contribution in [0, 0.1) is 18.6 Å². The highest BCUT2D eigenvalue weighted by Gasteiger charge is 2.82. The second-order valence-corrected chi connectivity index (χ2v) is 7.90. The highest BCUT2D eigenvalue weighted by Crippen LogP contribution is 2.53. The number of sulfone groups is 1. The largest absolute Gasteiger partial charge is 0.861 e. The first-order valence-electron chi connectivity index (χ1n) is 5.69. The minimum atomic E-state index is -7.49. The van der Waals surface area contributed by atoms with E-state index in [4.69, 9.17) is 13.1 Å². The molecule has 0 aliphatic carbocycles. The summed E-state index contributed by atoms with van der Waals surface area (Å²) in [6, 6.07) is 0. The molecule has 0 heterocycles. The molecule has 0 bridgehead atoms. The van der Waals surface area contributed by atoms with Gasteiger partial charge in [-0.05, 0) is 5.90 Å². The summed E-state index contributed by atoms with van der Waals surface area (Å²) in [7, 11) is -14.7. The van der Waals surface area contributed by atoms with Crippen molar-refractivity contribution in [1.29, 1.82) is 0 Å². The molecule has 0 aliphatic rings. The van der Waals surface area contributed by atoms with Gasteiger partial charge in [-0.3, -0.25) is 13.1 Å². The summed E-state index contributed by atoms with van der Waals surface area (Å²) in [5.74, 6) is -10.5. The topological polar surface area (TPSA) is 112 Å². The van der Waals surface area contributed by atoms with E-state index in [2.05, 4.69) is 0 Å². The summed E-state index contributed by atoms with van der Waals surface area (Å²) in [6.45, 7) is 12.2. The molecule has 0 aromatic rings. The van der Waals surface area contributed by atoms with E-state index in [-0.39, 0.29) is 0 Å². The van der Waals surface area contributed by atoms with Gasteiger partial charge in [-0.1, -0.05) is 0 Å². The van der Waals surface area contributed by atoms with Crippen LogP contribution in [-0.4, -0.2) is 45.3 Å². The van der Waals surface area contributed by atoms with Crippen molar-refractivity contribution in [1.82, 2.24) is 0 Å². The number of hydrogen-bond acceptors (Lipinski definition) is 5. The third kappa shape index (κ3) is 4.19. The molecule has 0 radical (unpaired) electrons. The summed E-state index contributed by atoms with van der Waals surface area (Å²) in [5.41, 5.74) is -2.74. The van der Waals surface area contributed by atoms with Gasteiger partial charge < -0.3 is 14.8 Å². The van der Waals surface area contributed by atoms with Gasteiger partial charge in [0.1, 0.15) is 0 Å². The van der Waals surface area contributed by atoms with Crippen LogP contribution in [-0.2, 0) is 19.9 Å². The summed E-state index contributed by atoms with van der Waals surface area (Å²) >= 11 is 0. The Labute approximate surface area is 149 Å². The first kappa shape index (κ1) is 25.6. The van der Waals surface area contributed by atoms with Gasteiger partial charge >= 0.3 is 38.1 Å². The van der Waals surface area contributed by atoms with E-state index < -0.39 is 60.3 Å². The maximum atomic E-state index is 13.5. The van der Waals surface area contributed by atoms with Gasteiger partial charge in [-0.15, -0.1) is 0 Å². The number of rotatable bonds is 7. The molecule has 0 unspecified atom stereocenters. The van der Waals surface area contributed by atoms with Gasteiger partial charge in [0, 0.05) is 0 Å². The Hall–Kier alpha value is -2.41. The Morgan fingerprint density at radius 2 is 1.29 bits per heavy atom. The van der Waals surface area contributed by atoms with Crippen molar-refractivity contribution >= 4 is 25.8 Å². The summed E-state index contributed by atoms with van der Waals surface area (Å²) in [6.07, 6.45) is -8.40. The predicted molar refractivity (Wildman–Crippen MR) is 67.2 cm³/mol. The Morgan fingerprint density at radius 1 is 0.893 bits per heavy atom. The van der Waals surface area contributed by atoms with Crippen LogP contribution in [0.15, 0.2) is 4.40 Å². The van der Waals surface area contributed by atoms with Crippen LogP contribution in [0.1, 0.15) is 6.42 Å². The fraction of sp³-hybridized carbons (Fsp3) is 0.556. The van der Waals surface area contributed by atoms with E-state index in [1.165, 1.54) is 0 Å². The molecule has 0 aromatic carbocycles. The quantitative estimate of drug-likeness (QED) is 0.244. The van der Waals surface area contributed by atoms with E-state index in [1.54, 1.807) is 9.69 Å². The highest BCUT2D eigenvalue weighted by atomic mass is 32.2. The number of nitrogens with zero attached hydrogens (tertiary/aromatic N) is 3. The van der Waals surface area contributed by atoms with E-state index in [0.29, 0.717) is 0 Å². The molecular formula is C9H2F9N3O5S2-2. The van der Waals surface area contributed by atoms with Gasteiger partial charge in [0.2, 0.25) is 0 Å². The van der Waals surface area contributed by atoms with Crippen molar-refractivity contribution in [3.05, 3.63) is 28.3 Å². The van der Waals surface area contributed by atoms with Crippen molar-refractivity contribution < 1.29 is 61.5 Å². The van der Waals surface area contributed by atoms with E-state index in [0.717, 1.165) is 4.40 Å². The van der Waals surface area contributed by atoms with Crippen molar-refractivity contribution in [2.24, 2.45) is 4.40 Å². The van der Waals surface area contributed by atoms with Crippen LogP contribution in [0.4, 0.5) is 39.5 Å². The van der Waals surface area contributed by atoms with E-state index in [9.17, 15) is 61.5 Å². The lowest BCUT2D eigenvalue weighted by Crippen LogP contribution is -2.60. The average Bonchev–Trinajstić information content (AvgIpc) is 2.44. The van der Waals surface area contributed by atoms with Crippen LogP contribution >= 0.6 is 0 Å². The lowest BCUT2D eigenvalue weighted by atomic mass is 10.3. The molecule has 160 valence electrons. The second-order valence-electron chi connectivity index (χ2n) is 4.37. The van der Waals surface area contributed by atoms with Crippen molar-refractivity contribution in [3.8, 4) is 0 Å². The predicted octanol–water partition coefficient (Wildman–Crippen LogP) is 1.55. The molecular weight excluding hydrogens is 465 g/mol. The van der Waals surface area contributed by atoms with Gasteiger partial charge in [0.15, 0.2) is 0 Å². The van der Waals surface area contributed by atoms with Gasteiger partial charge in [0.25, 0.3) is 9.84 Å². The third-order valence-corrected chi connectivity index (χ3v) is 5.34. The summed E-state index contributed by atoms with van der Waals surface area (Å²) in [4.78, 5) is 3.21. The van der Waals surface area contributed by atoms with Crippen LogP contribution in [0.2, 0.25) is 0 Å². The standard InChI is InChI=1S/C9H3F9N3O5S2/c1-19-5(20-2)27(23,24)8(15,16)7(13,14)9(17,18)28(25,26)21-4(22)3-6(10,11)12/h3H2,(H,21,22)/q-1/p-1. The molecule has 0 amide bonds. The minimum Gasteiger partial charge on any atom is -0.861 e. The molecule has 0 N–H and O–H groups in total. The zero-order chi connectivity index (χ0) is 23.0. The van der Waals surface area contributed by atoms with Crippen LogP contribution in [0.25, 0.3) is 9.69 Å². The smallest absolute Gasteiger partial charge is 0.434 e. The fourth-order valence-electron chi connectivity index (χ4n) is 1.16. The number of sulfonamides is 1. The molecule has 28 heavy (non-hydrogen) atoms. The average molecular weight is 467 g/mol. The van der Waals surface area contributed by atoms with Crippen molar-refractivity contribution in [2.75, 3.05) is 0 Å². The number of hydrogen-bond donors (Lipinski definition) is 0. The zero-order valence-corrected chi connectivity index (χ0v) is 13.9. The maximum Gasteiger partial charge on any atom is 0.434 e. The Bertz CT molecular complexity index is 927. The molecule has 0 rings (SSSR count). The SMILES string of the molecule is [C-]#[N+][C-]([N+]#[C-])S(=O)(=O)C(F)(F)C(F)(F)C(F)(F)S(=O)(=O)N=C([O-])CC(F)(F)F. The molecule has 0 fully saturated rings. The number of halogens is 9. The lowest BCUT2D eigenvalue weighted by Gasteiger charge is -2.31. The molecule has 0 aromatic heterocycles. The van der Waals surface area contributed by atoms with Gasteiger partial charge in [-0.25, -0.2) is 8.42 Å². The first-order valence-corrected chi connectivity index (χ1v) is 8.61. The monoisotopic (exact) mass is 467 g/mol. The molecule has 0 spiro atoms. The summed E-state index contributed by atoms with van der Waals surface area (Å²) in [5, 5.41) is -3.70. The normalized spacial score (nSPS) is 14.9. The van der Waals surface area contributed by atoms with E-state index in [1.807, 2.05) is 0 Å². The number of alkyl halides is 9. The second kappa shape index (κ2) is 7.20. The molecule has 19 heteroatoms. The molecule has 0 saturated heterocycles. The Kier molecular flexibility index (Phi) is 6.58. The van der Waals surface area contributed by atoms with Crippen molar-refractivity contribution in [2.45, 2.75) is 29.0 Å². The van der Waals surface area contributed by atoms with Gasteiger partial charge in [-0.2, -0.15) is 52.3 Å². The van der Waals surface area contributed by atoms with Crippen LogP contribution in [0.3, 0.4) is 0 Å². The maximum absolute atomic E-state index is 13.5. The van der Waals surface area contributed by atoms with Gasteiger partial charge in [0.05, 0.1) is 6.42 Å². The third-order valence-electron chi connectivity index (χ3n) is 2.40. The van der Waals surface area contributed by atoms with Crippen LogP contribution < -0.4 is 5.11 Å². The lowest BCUT2D eigenvalue weighted by molar-refractivity contribution is -0.244. The van der Waals surface area contributed by atoms with E-state index >= 15 is 0 Å². The Morgan fingerprint density at radius 3 is 1.61 bits per heavy atom. The van der Waals surface area contributed by atoms with Crippen LogP contribution in [0.5, 0.6) is 0 Å². The molecule has 8 nitrogen and oxygen atoms in total. The van der Waals surface area contributed by atoms with Crippen molar-refractivity contribution in [3.63, 3.8) is 0 Å². The highest BCUT2D eigenvalue weighted by molar-refractivity contribution is 7.95. The Balaban J connectivity index is 6.52.